The van der Waals surface area contributed by atoms with E-state index in [9.17, 15) is 9.59 Å². The van der Waals surface area contributed by atoms with E-state index < -0.39 is 5.97 Å². The van der Waals surface area contributed by atoms with Gasteiger partial charge >= 0.3 is 5.97 Å². The minimum absolute atomic E-state index is 0.114. The Labute approximate surface area is 147 Å². The van der Waals surface area contributed by atoms with Crippen LogP contribution in [0.4, 0.5) is 0 Å². The van der Waals surface area contributed by atoms with E-state index in [-0.39, 0.29) is 11.1 Å². The van der Waals surface area contributed by atoms with Crippen LogP contribution in [0.15, 0.2) is 47.3 Å². The molecule has 0 radical (unpaired) electrons. The smallest absolute Gasteiger partial charge is 0.335 e. The van der Waals surface area contributed by atoms with E-state index in [0.29, 0.717) is 34.7 Å². The predicted octanol–water partition coefficient (Wildman–Crippen LogP) is 3.69. The lowest BCUT2D eigenvalue weighted by molar-refractivity contribution is 0.0697. The van der Waals surface area contributed by atoms with E-state index in [0.717, 1.165) is 11.1 Å². The summed E-state index contributed by atoms with van der Waals surface area (Å²) in [6.45, 7) is 0.560. The summed E-state index contributed by atoms with van der Waals surface area (Å²) in [7, 11) is 0. The Kier molecular flexibility index (Phi) is 3.66. The first-order chi connectivity index (χ1) is 12.0. The number of aromatic carboxylic acids is 1. The van der Waals surface area contributed by atoms with Crippen LogP contribution in [-0.4, -0.2) is 20.6 Å². The van der Waals surface area contributed by atoms with E-state index in [4.69, 9.17) is 16.7 Å². The van der Waals surface area contributed by atoms with Gasteiger partial charge in [-0.2, -0.15) is 0 Å². The van der Waals surface area contributed by atoms with Crippen LogP contribution in [0.1, 0.15) is 28.2 Å². The standard InChI is InChI=1S/C19H13ClN2O3/c20-14-3-1-2-11(9-14)8-12-6-7-22-17(12)21-16-10-13(19(24)25)4-5-15(16)18(22)23/h1-5,8-10H,6-7H2,(H,24,25). The van der Waals surface area contributed by atoms with Crippen molar-refractivity contribution in [2.24, 2.45) is 0 Å². The number of fused-ring (bicyclic) bond motifs is 2. The summed E-state index contributed by atoms with van der Waals surface area (Å²) < 4.78 is 1.64. The number of hydrogen-bond donors (Lipinski definition) is 1. The number of carboxylic acids is 1. The third-order valence-electron chi connectivity index (χ3n) is 4.28. The van der Waals surface area contributed by atoms with Gasteiger partial charge in [0.1, 0.15) is 5.82 Å². The molecule has 6 heteroatoms. The zero-order valence-electron chi connectivity index (χ0n) is 13.1. The van der Waals surface area contributed by atoms with Gasteiger partial charge in [-0.15, -0.1) is 0 Å². The fourth-order valence-corrected chi connectivity index (χ4v) is 3.28. The van der Waals surface area contributed by atoms with Gasteiger partial charge in [-0.05, 0) is 54.0 Å². The van der Waals surface area contributed by atoms with Crippen LogP contribution in [0.5, 0.6) is 0 Å². The van der Waals surface area contributed by atoms with Crippen LogP contribution < -0.4 is 5.56 Å². The molecule has 1 aromatic heterocycles. The van der Waals surface area contributed by atoms with Crippen LogP contribution in [0.2, 0.25) is 5.02 Å². The van der Waals surface area contributed by atoms with Gasteiger partial charge in [0.25, 0.3) is 5.56 Å². The average molecular weight is 353 g/mol. The lowest BCUT2D eigenvalue weighted by Gasteiger charge is -2.06. The van der Waals surface area contributed by atoms with Crippen molar-refractivity contribution in [1.82, 2.24) is 9.55 Å². The molecule has 2 heterocycles. The second kappa shape index (κ2) is 5.86. The van der Waals surface area contributed by atoms with E-state index in [2.05, 4.69) is 4.98 Å². The lowest BCUT2D eigenvalue weighted by Crippen LogP contribution is -2.20. The molecule has 4 rings (SSSR count). The first-order valence-electron chi connectivity index (χ1n) is 7.77. The minimum atomic E-state index is -1.04. The SMILES string of the molecule is O=C(O)c1ccc2c(=O)n3c(nc2c1)C(=Cc1cccc(Cl)c1)CC3. The Balaban J connectivity index is 1.90. The fourth-order valence-electron chi connectivity index (χ4n) is 3.08. The number of carbonyl (C=O) groups is 1. The molecule has 5 nitrogen and oxygen atoms in total. The maximum atomic E-state index is 12.7. The highest BCUT2D eigenvalue weighted by Gasteiger charge is 2.21. The van der Waals surface area contributed by atoms with Gasteiger partial charge in [-0.3, -0.25) is 9.36 Å². The van der Waals surface area contributed by atoms with Gasteiger partial charge in [0.15, 0.2) is 0 Å². The highest BCUT2D eigenvalue weighted by atomic mass is 35.5. The predicted molar refractivity (Wildman–Crippen MR) is 96.9 cm³/mol. The molecule has 0 atom stereocenters. The van der Waals surface area contributed by atoms with Crippen LogP contribution in [0, 0.1) is 0 Å². The number of nitrogens with zero attached hydrogens (tertiary/aromatic N) is 2. The quantitative estimate of drug-likeness (QED) is 0.763. The molecule has 124 valence electrons. The van der Waals surface area contributed by atoms with Crippen molar-refractivity contribution < 1.29 is 9.90 Å². The molecule has 0 aliphatic carbocycles. The monoisotopic (exact) mass is 352 g/mol. The summed E-state index contributed by atoms with van der Waals surface area (Å²) >= 11 is 6.03. The van der Waals surface area contributed by atoms with Crippen LogP contribution in [-0.2, 0) is 6.54 Å². The zero-order valence-corrected chi connectivity index (χ0v) is 13.8. The molecule has 1 aliphatic heterocycles. The van der Waals surface area contributed by atoms with Gasteiger partial charge in [0, 0.05) is 11.6 Å². The Hall–Kier alpha value is -2.92. The summed E-state index contributed by atoms with van der Waals surface area (Å²) in [5.74, 6) is -0.459. The van der Waals surface area contributed by atoms with Crippen molar-refractivity contribution in [3.05, 3.63) is 74.8 Å². The lowest BCUT2D eigenvalue weighted by atomic mass is 10.1. The number of hydrogen-bond acceptors (Lipinski definition) is 3. The Bertz CT molecular complexity index is 1120. The van der Waals surface area contributed by atoms with Crippen molar-refractivity contribution >= 4 is 40.1 Å². The second-order valence-corrected chi connectivity index (χ2v) is 6.34. The van der Waals surface area contributed by atoms with Gasteiger partial charge in [0.05, 0.1) is 16.5 Å². The number of allylic oxidation sites excluding steroid dienone is 1. The largest absolute Gasteiger partial charge is 0.478 e. The molecular weight excluding hydrogens is 340 g/mol. The first kappa shape index (κ1) is 15.6. The Morgan fingerprint density at radius 3 is 2.84 bits per heavy atom. The molecule has 25 heavy (non-hydrogen) atoms. The number of rotatable bonds is 2. The Morgan fingerprint density at radius 1 is 1.24 bits per heavy atom. The molecule has 0 amide bonds. The van der Waals surface area contributed by atoms with Gasteiger partial charge < -0.3 is 5.11 Å². The highest BCUT2D eigenvalue weighted by molar-refractivity contribution is 6.30. The maximum absolute atomic E-state index is 12.7. The summed E-state index contributed by atoms with van der Waals surface area (Å²) in [5, 5.41) is 10.2. The van der Waals surface area contributed by atoms with Gasteiger partial charge in [-0.25, -0.2) is 9.78 Å². The average Bonchev–Trinajstić information content (AvgIpc) is 2.97. The second-order valence-electron chi connectivity index (χ2n) is 5.90. The molecule has 1 N–H and O–H groups in total. The summed E-state index contributed by atoms with van der Waals surface area (Å²) in [6.07, 6.45) is 2.65. The summed E-state index contributed by atoms with van der Waals surface area (Å²) in [6, 6.07) is 11.8. The highest BCUT2D eigenvalue weighted by Crippen LogP contribution is 2.28. The third-order valence-corrected chi connectivity index (χ3v) is 4.52. The van der Waals surface area contributed by atoms with Gasteiger partial charge in [-0.1, -0.05) is 23.7 Å². The molecule has 0 unspecified atom stereocenters. The molecule has 0 saturated heterocycles. The molecule has 2 aromatic carbocycles. The minimum Gasteiger partial charge on any atom is -0.478 e. The fraction of sp³-hybridized carbons (Fsp3) is 0.105. The van der Waals surface area contributed by atoms with E-state index in [1.807, 2.05) is 24.3 Å². The number of aromatic nitrogens is 2. The normalized spacial score (nSPS) is 14.8. The van der Waals surface area contributed by atoms with Crippen LogP contribution >= 0.6 is 11.6 Å². The summed E-state index contributed by atoms with van der Waals surface area (Å²) in [4.78, 5) is 28.4. The summed E-state index contributed by atoms with van der Waals surface area (Å²) in [5.41, 5.74) is 2.23. The van der Waals surface area contributed by atoms with Crippen molar-refractivity contribution in [2.45, 2.75) is 13.0 Å². The number of halogens is 1. The molecule has 1 aliphatic rings. The maximum Gasteiger partial charge on any atom is 0.335 e. The van der Waals surface area contributed by atoms with E-state index >= 15 is 0 Å². The number of carboxylic acid groups (broad SMARTS) is 1. The Morgan fingerprint density at radius 2 is 2.08 bits per heavy atom. The van der Waals surface area contributed by atoms with E-state index in [1.165, 1.54) is 18.2 Å². The first-order valence-corrected chi connectivity index (χ1v) is 8.15. The van der Waals surface area contributed by atoms with Crippen molar-refractivity contribution in [3.8, 4) is 0 Å². The van der Waals surface area contributed by atoms with Gasteiger partial charge in [0.2, 0.25) is 0 Å². The molecule has 0 fully saturated rings. The van der Waals surface area contributed by atoms with Crippen molar-refractivity contribution in [2.75, 3.05) is 0 Å². The van der Waals surface area contributed by atoms with Crippen molar-refractivity contribution in [3.63, 3.8) is 0 Å². The number of benzene rings is 2. The molecular formula is C19H13ClN2O3. The third kappa shape index (κ3) is 2.72. The zero-order chi connectivity index (χ0) is 17.6. The van der Waals surface area contributed by atoms with E-state index in [1.54, 1.807) is 10.6 Å². The van der Waals surface area contributed by atoms with Crippen LogP contribution in [0.25, 0.3) is 22.6 Å². The van der Waals surface area contributed by atoms with Crippen molar-refractivity contribution in [1.29, 1.82) is 0 Å². The molecule has 0 saturated carbocycles. The molecule has 0 bridgehead atoms. The topological polar surface area (TPSA) is 72.2 Å². The molecule has 3 aromatic rings. The van der Waals surface area contributed by atoms with Crippen LogP contribution in [0.3, 0.4) is 0 Å². The molecule has 0 spiro atoms.